The van der Waals surface area contributed by atoms with E-state index in [0.29, 0.717) is 0 Å². The molecule has 0 N–H and O–H groups in total. The number of ether oxygens (including phenoxy) is 1. The zero-order valence-corrected chi connectivity index (χ0v) is 15.3. The Morgan fingerprint density at radius 2 is 1.88 bits per heavy atom. The van der Waals surface area contributed by atoms with Crippen LogP contribution in [-0.4, -0.2) is 51.0 Å². The van der Waals surface area contributed by atoms with Crippen molar-refractivity contribution in [2.45, 2.75) is 32.6 Å². The number of rotatable bonds is 6. The molecule has 1 aliphatic rings. The van der Waals surface area contributed by atoms with E-state index in [-0.39, 0.29) is 0 Å². The van der Waals surface area contributed by atoms with E-state index in [9.17, 15) is 0 Å². The summed E-state index contributed by atoms with van der Waals surface area (Å²) in [5.41, 5.74) is 3.85. The molecule has 26 heavy (non-hydrogen) atoms. The fourth-order valence-corrected chi connectivity index (χ4v) is 3.52. The average molecular weight is 351 g/mol. The minimum Gasteiger partial charge on any atom is -0.494 e. The van der Waals surface area contributed by atoms with Crippen LogP contribution in [0.15, 0.2) is 36.7 Å². The Bertz CT molecular complexity index is 852. The average Bonchev–Trinajstić information content (AvgIpc) is 3.13. The summed E-state index contributed by atoms with van der Waals surface area (Å²) >= 11 is 0. The van der Waals surface area contributed by atoms with Gasteiger partial charge in [0.2, 0.25) is 0 Å². The molecule has 0 aliphatic carbocycles. The highest BCUT2D eigenvalue weighted by Crippen LogP contribution is 2.24. The molecule has 6 heteroatoms. The molecule has 1 aromatic carbocycles. The van der Waals surface area contributed by atoms with Crippen molar-refractivity contribution in [2.75, 3.05) is 26.2 Å². The molecule has 0 unspecified atom stereocenters. The Kier molecular flexibility index (Phi) is 5.11. The molecule has 1 aliphatic heterocycles. The standard InChI is InChI=1S/C20H25N5O/c1-16-14-19-22-21-15-25(19)23-20(16)17-6-8-18(9-7-17)26-13-5-12-24-10-3-2-4-11-24/h6-9,14-15H,2-5,10-13H2,1H3. The number of aryl methyl sites for hydroxylation is 1. The molecule has 0 radical (unpaired) electrons. The molecule has 4 rings (SSSR count). The third kappa shape index (κ3) is 3.85. The fourth-order valence-electron chi connectivity index (χ4n) is 3.52. The molecule has 136 valence electrons. The third-order valence-electron chi connectivity index (χ3n) is 4.95. The van der Waals surface area contributed by atoms with Crippen molar-refractivity contribution in [3.63, 3.8) is 0 Å². The number of benzene rings is 1. The lowest BCUT2D eigenvalue weighted by atomic mass is 10.1. The van der Waals surface area contributed by atoms with Crippen LogP contribution in [0.25, 0.3) is 16.9 Å². The summed E-state index contributed by atoms with van der Waals surface area (Å²) in [6.45, 7) is 6.44. The van der Waals surface area contributed by atoms with Crippen molar-refractivity contribution in [1.82, 2.24) is 24.7 Å². The van der Waals surface area contributed by atoms with Crippen LogP contribution >= 0.6 is 0 Å². The molecule has 0 amide bonds. The SMILES string of the molecule is Cc1cc2nncn2nc1-c1ccc(OCCCN2CCCCC2)cc1. The van der Waals surface area contributed by atoms with Gasteiger partial charge in [0, 0.05) is 12.1 Å². The highest BCUT2D eigenvalue weighted by atomic mass is 16.5. The Morgan fingerprint density at radius 3 is 2.69 bits per heavy atom. The summed E-state index contributed by atoms with van der Waals surface area (Å²) in [5, 5.41) is 12.5. The van der Waals surface area contributed by atoms with Crippen LogP contribution in [0.3, 0.4) is 0 Å². The third-order valence-corrected chi connectivity index (χ3v) is 4.95. The zero-order chi connectivity index (χ0) is 17.8. The summed E-state index contributed by atoms with van der Waals surface area (Å²) in [5.74, 6) is 0.912. The van der Waals surface area contributed by atoms with Crippen LogP contribution in [0.1, 0.15) is 31.2 Å². The highest BCUT2D eigenvalue weighted by molar-refractivity contribution is 5.65. The molecule has 1 fully saturated rings. The number of nitrogens with zero attached hydrogens (tertiary/aromatic N) is 5. The Labute approximate surface area is 153 Å². The van der Waals surface area contributed by atoms with E-state index in [1.54, 1.807) is 10.8 Å². The van der Waals surface area contributed by atoms with E-state index in [1.165, 1.54) is 32.4 Å². The minimum absolute atomic E-state index is 0.764. The normalized spacial score (nSPS) is 15.4. The maximum absolute atomic E-state index is 5.90. The molecule has 0 bridgehead atoms. The summed E-state index contributed by atoms with van der Waals surface area (Å²) < 4.78 is 7.61. The number of likely N-dealkylation sites (tertiary alicyclic amines) is 1. The maximum atomic E-state index is 5.90. The van der Waals surface area contributed by atoms with Crippen molar-refractivity contribution in [3.05, 3.63) is 42.2 Å². The van der Waals surface area contributed by atoms with Gasteiger partial charge in [-0.1, -0.05) is 6.42 Å². The van der Waals surface area contributed by atoms with Crippen LogP contribution in [0.4, 0.5) is 0 Å². The van der Waals surface area contributed by atoms with Crippen molar-refractivity contribution >= 4 is 5.65 Å². The van der Waals surface area contributed by atoms with E-state index in [4.69, 9.17) is 4.74 Å². The summed E-state index contributed by atoms with van der Waals surface area (Å²) in [6.07, 6.45) is 6.77. The lowest BCUT2D eigenvalue weighted by Crippen LogP contribution is -2.31. The minimum atomic E-state index is 0.764. The number of fused-ring (bicyclic) bond motifs is 1. The van der Waals surface area contributed by atoms with Gasteiger partial charge in [0.15, 0.2) is 5.65 Å². The summed E-state index contributed by atoms with van der Waals surface area (Å²) in [4.78, 5) is 2.55. The Hall–Kier alpha value is -2.47. The first-order chi connectivity index (χ1) is 12.8. The van der Waals surface area contributed by atoms with E-state index in [0.717, 1.165) is 47.8 Å². The number of piperidine rings is 1. The second-order valence-corrected chi connectivity index (χ2v) is 6.94. The van der Waals surface area contributed by atoms with Crippen molar-refractivity contribution in [3.8, 4) is 17.0 Å². The summed E-state index contributed by atoms with van der Waals surface area (Å²) in [6, 6.07) is 10.2. The van der Waals surface area contributed by atoms with E-state index < -0.39 is 0 Å². The predicted octanol–water partition coefficient (Wildman–Crippen LogP) is 3.35. The smallest absolute Gasteiger partial charge is 0.177 e. The van der Waals surface area contributed by atoms with E-state index in [1.807, 2.05) is 25.1 Å². The first-order valence-corrected chi connectivity index (χ1v) is 9.43. The van der Waals surface area contributed by atoms with Crippen LogP contribution in [0.2, 0.25) is 0 Å². The van der Waals surface area contributed by atoms with Crippen molar-refractivity contribution in [2.24, 2.45) is 0 Å². The second kappa shape index (κ2) is 7.83. The van der Waals surface area contributed by atoms with Gasteiger partial charge in [-0.05, 0) is 75.2 Å². The largest absolute Gasteiger partial charge is 0.494 e. The van der Waals surface area contributed by atoms with E-state index in [2.05, 4.69) is 32.3 Å². The Balaban J connectivity index is 1.34. The van der Waals surface area contributed by atoms with Crippen LogP contribution in [0.5, 0.6) is 5.75 Å². The number of hydrogen-bond donors (Lipinski definition) is 0. The van der Waals surface area contributed by atoms with Crippen LogP contribution in [-0.2, 0) is 0 Å². The Morgan fingerprint density at radius 1 is 1.08 bits per heavy atom. The lowest BCUT2D eigenvalue weighted by Gasteiger charge is -2.26. The number of hydrogen-bond acceptors (Lipinski definition) is 5. The van der Waals surface area contributed by atoms with Gasteiger partial charge >= 0.3 is 0 Å². The van der Waals surface area contributed by atoms with Gasteiger partial charge in [0.1, 0.15) is 12.1 Å². The van der Waals surface area contributed by atoms with Gasteiger partial charge in [-0.2, -0.15) is 9.61 Å². The first kappa shape index (κ1) is 17.0. The molecule has 6 nitrogen and oxygen atoms in total. The van der Waals surface area contributed by atoms with Gasteiger partial charge < -0.3 is 9.64 Å². The molecule has 1 saturated heterocycles. The van der Waals surface area contributed by atoms with E-state index >= 15 is 0 Å². The molecule has 3 heterocycles. The molecule has 0 saturated carbocycles. The monoisotopic (exact) mass is 351 g/mol. The molecular weight excluding hydrogens is 326 g/mol. The van der Waals surface area contributed by atoms with Gasteiger partial charge in [-0.15, -0.1) is 10.2 Å². The topological polar surface area (TPSA) is 55.6 Å². The predicted molar refractivity (Wildman–Crippen MR) is 101 cm³/mol. The second-order valence-electron chi connectivity index (χ2n) is 6.94. The number of aromatic nitrogens is 4. The van der Waals surface area contributed by atoms with Crippen molar-refractivity contribution in [1.29, 1.82) is 0 Å². The van der Waals surface area contributed by atoms with Crippen molar-refractivity contribution < 1.29 is 4.74 Å². The molecule has 0 atom stereocenters. The van der Waals surface area contributed by atoms with Crippen LogP contribution < -0.4 is 4.74 Å². The van der Waals surface area contributed by atoms with Gasteiger partial charge in [-0.25, -0.2) is 0 Å². The zero-order valence-electron chi connectivity index (χ0n) is 15.3. The maximum Gasteiger partial charge on any atom is 0.177 e. The quantitative estimate of drug-likeness (QED) is 0.638. The highest BCUT2D eigenvalue weighted by Gasteiger charge is 2.10. The summed E-state index contributed by atoms with van der Waals surface area (Å²) in [7, 11) is 0. The molecule has 0 spiro atoms. The van der Waals surface area contributed by atoms with Gasteiger partial charge in [-0.3, -0.25) is 0 Å². The molecule has 2 aromatic heterocycles. The molecular formula is C20H25N5O. The van der Waals surface area contributed by atoms with Gasteiger partial charge in [0.25, 0.3) is 0 Å². The van der Waals surface area contributed by atoms with Crippen LogP contribution in [0, 0.1) is 6.92 Å². The lowest BCUT2D eigenvalue weighted by molar-refractivity contribution is 0.205. The fraction of sp³-hybridized carbons (Fsp3) is 0.450. The molecule has 3 aromatic rings. The first-order valence-electron chi connectivity index (χ1n) is 9.43. The van der Waals surface area contributed by atoms with Gasteiger partial charge in [0.05, 0.1) is 12.3 Å².